The van der Waals surface area contributed by atoms with Crippen molar-refractivity contribution in [3.63, 3.8) is 0 Å². The van der Waals surface area contributed by atoms with Gasteiger partial charge in [0.1, 0.15) is 5.75 Å². The molecule has 4 rings (SSSR count). The van der Waals surface area contributed by atoms with E-state index in [1.54, 1.807) is 24.0 Å². The smallest absolute Gasteiger partial charge is 0.410 e. The maximum absolute atomic E-state index is 12.5. The number of para-hydroxylation sites is 1. The fourth-order valence-corrected chi connectivity index (χ4v) is 4.20. The number of hydrogen-bond acceptors (Lipinski definition) is 5. The molecule has 1 unspecified atom stereocenters. The molecule has 6 heteroatoms. The highest BCUT2D eigenvalue weighted by Gasteiger charge is 2.43. The van der Waals surface area contributed by atoms with Crippen LogP contribution in [0.25, 0.3) is 0 Å². The highest BCUT2D eigenvalue weighted by atomic mass is 16.6. The van der Waals surface area contributed by atoms with Gasteiger partial charge in [-0.2, -0.15) is 0 Å². The van der Waals surface area contributed by atoms with Crippen molar-refractivity contribution in [1.82, 2.24) is 9.80 Å². The van der Waals surface area contributed by atoms with Gasteiger partial charge in [0.05, 0.1) is 12.1 Å². The molecule has 2 aliphatic rings. The average molecular weight is 394 g/mol. The molecule has 2 aromatic carbocycles. The number of carbonyl (C=O) groups is 2. The van der Waals surface area contributed by atoms with Crippen LogP contribution in [0, 0.1) is 0 Å². The van der Waals surface area contributed by atoms with Crippen molar-refractivity contribution in [2.75, 3.05) is 39.4 Å². The molecule has 0 bridgehead atoms. The number of rotatable bonds is 4. The third-order valence-corrected chi connectivity index (χ3v) is 5.92. The average Bonchev–Trinajstić information content (AvgIpc) is 3.26. The molecule has 0 N–H and O–H groups in total. The van der Waals surface area contributed by atoms with Crippen LogP contribution in [0.1, 0.15) is 29.3 Å². The zero-order chi connectivity index (χ0) is 20.3. The predicted molar refractivity (Wildman–Crippen MR) is 109 cm³/mol. The number of carbonyl (C=O) groups excluding carboxylic acids is 2. The van der Waals surface area contributed by atoms with E-state index in [9.17, 15) is 9.59 Å². The van der Waals surface area contributed by atoms with Gasteiger partial charge in [0.15, 0.2) is 5.78 Å². The maximum atomic E-state index is 12.5. The molecule has 2 fully saturated rings. The Morgan fingerprint density at radius 1 is 0.966 bits per heavy atom. The SMILES string of the molecule is CC(=O)c1ccc(C2(N3CCN(C(=O)Oc4ccccc4)CC3)CCOC2)cc1. The molecule has 2 saturated heterocycles. The summed E-state index contributed by atoms with van der Waals surface area (Å²) in [6, 6.07) is 17.0. The Labute approximate surface area is 171 Å². The summed E-state index contributed by atoms with van der Waals surface area (Å²) < 4.78 is 11.3. The number of hydrogen-bond donors (Lipinski definition) is 0. The topological polar surface area (TPSA) is 59.1 Å². The first-order valence-corrected chi connectivity index (χ1v) is 10.0. The highest BCUT2D eigenvalue weighted by Crippen LogP contribution is 2.37. The van der Waals surface area contributed by atoms with Crippen LogP contribution >= 0.6 is 0 Å². The van der Waals surface area contributed by atoms with Gasteiger partial charge in [-0.05, 0) is 31.0 Å². The van der Waals surface area contributed by atoms with Gasteiger partial charge in [0.2, 0.25) is 0 Å². The lowest BCUT2D eigenvalue weighted by Gasteiger charge is -2.45. The van der Waals surface area contributed by atoms with Gasteiger partial charge in [-0.3, -0.25) is 9.69 Å². The van der Waals surface area contributed by atoms with Crippen LogP contribution < -0.4 is 4.74 Å². The molecule has 6 nitrogen and oxygen atoms in total. The van der Waals surface area contributed by atoms with Crippen molar-refractivity contribution in [1.29, 1.82) is 0 Å². The number of benzene rings is 2. The second kappa shape index (κ2) is 8.35. The summed E-state index contributed by atoms with van der Waals surface area (Å²) in [5.41, 5.74) is 1.68. The lowest BCUT2D eigenvalue weighted by molar-refractivity contribution is 0.0235. The van der Waals surface area contributed by atoms with E-state index in [4.69, 9.17) is 9.47 Å². The Morgan fingerprint density at radius 2 is 1.66 bits per heavy atom. The monoisotopic (exact) mass is 394 g/mol. The van der Waals surface area contributed by atoms with Crippen LogP contribution in [0.5, 0.6) is 5.75 Å². The number of Topliss-reactive ketones (excluding diaryl/α,β-unsaturated/α-hetero) is 1. The molecule has 0 aromatic heterocycles. The number of nitrogens with zero attached hydrogens (tertiary/aromatic N) is 2. The molecular formula is C23H26N2O4. The third kappa shape index (κ3) is 4.04. The van der Waals surface area contributed by atoms with Crippen LogP contribution in [0.2, 0.25) is 0 Å². The van der Waals surface area contributed by atoms with E-state index in [-0.39, 0.29) is 17.4 Å². The van der Waals surface area contributed by atoms with Gasteiger partial charge in [-0.25, -0.2) is 4.79 Å². The fraction of sp³-hybridized carbons (Fsp3) is 0.391. The summed E-state index contributed by atoms with van der Waals surface area (Å²) in [7, 11) is 0. The van der Waals surface area contributed by atoms with E-state index in [1.165, 1.54) is 5.56 Å². The Morgan fingerprint density at radius 3 is 2.24 bits per heavy atom. The van der Waals surface area contributed by atoms with Gasteiger partial charge in [-0.15, -0.1) is 0 Å². The van der Waals surface area contributed by atoms with Crippen LogP contribution in [0.15, 0.2) is 54.6 Å². The number of ketones is 1. The Hall–Kier alpha value is -2.70. The van der Waals surface area contributed by atoms with Gasteiger partial charge in [0, 0.05) is 38.3 Å². The standard InChI is InChI=1S/C23H26N2O4/c1-18(26)19-7-9-20(10-8-19)23(11-16-28-17-23)25-14-12-24(13-15-25)22(27)29-21-5-3-2-4-6-21/h2-10H,11-17H2,1H3. The van der Waals surface area contributed by atoms with Crippen LogP contribution in [0.3, 0.4) is 0 Å². The molecule has 2 aromatic rings. The summed E-state index contributed by atoms with van der Waals surface area (Å²) in [6.45, 7) is 5.64. The van der Waals surface area contributed by atoms with E-state index >= 15 is 0 Å². The van der Waals surface area contributed by atoms with Crippen LogP contribution in [-0.2, 0) is 10.3 Å². The summed E-state index contributed by atoms with van der Waals surface area (Å²) >= 11 is 0. The molecule has 29 heavy (non-hydrogen) atoms. The van der Waals surface area contributed by atoms with Crippen LogP contribution in [-0.4, -0.2) is 61.1 Å². The number of ether oxygens (including phenoxy) is 2. The third-order valence-electron chi connectivity index (χ3n) is 5.92. The molecule has 152 valence electrons. The van der Waals surface area contributed by atoms with Crippen molar-refractivity contribution >= 4 is 11.9 Å². The quantitative estimate of drug-likeness (QED) is 0.745. The van der Waals surface area contributed by atoms with E-state index in [0.717, 1.165) is 25.1 Å². The Balaban J connectivity index is 1.44. The molecule has 0 spiro atoms. The van der Waals surface area contributed by atoms with Crippen molar-refractivity contribution < 1.29 is 19.1 Å². The minimum absolute atomic E-state index is 0.0683. The Kier molecular flexibility index (Phi) is 5.65. The lowest BCUT2D eigenvalue weighted by Crippen LogP contribution is -2.57. The summed E-state index contributed by atoms with van der Waals surface area (Å²) in [5.74, 6) is 0.630. The first-order valence-electron chi connectivity index (χ1n) is 10.0. The lowest BCUT2D eigenvalue weighted by atomic mass is 9.86. The highest BCUT2D eigenvalue weighted by molar-refractivity contribution is 5.94. The molecular weight excluding hydrogens is 368 g/mol. The summed E-state index contributed by atoms with van der Waals surface area (Å²) in [5, 5.41) is 0. The fourth-order valence-electron chi connectivity index (χ4n) is 4.20. The minimum Gasteiger partial charge on any atom is -0.410 e. The Bertz CT molecular complexity index is 852. The molecule has 2 aliphatic heterocycles. The zero-order valence-electron chi connectivity index (χ0n) is 16.7. The first kappa shape index (κ1) is 19.6. The first-order chi connectivity index (χ1) is 14.1. The minimum atomic E-state index is -0.307. The molecule has 0 aliphatic carbocycles. The van der Waals surface area contributed by atoms with Crippen molar-refractivity contribution in [3.05, 3.63) is 65.7 Å². The van der Waals surface area contributed by atoms with Gasteiger partial charge in [0.25, 0.3) is 0 Å². The zero-order valence-corrected chi connectivity index (χ0v) is 16.7. The normalized spacial score (nSPS) is 22.4. The second-order valence-electron chi connectivity index (χ2n) is 7.62. The summed E-state index contributed by atoms with van der Waals surface area (Å²) in [4.78, 5) is 28.2. The van der Waals surface area contributed by atoms with Gasteiger partial charge in [-0.1, -0.05) is 42.5 Å². The van der Waals surface area contributed by atoms with E-state index in [2.05, 4.69) is 4.90 Å². The molecule has 1 atom stereocenters. The van der Waals surface area contributed by atoms with E-state index in [0.29, 0.717) is 32.1 Å². The van der Waals surface area contributed by atoms with Crippen molar-refractivity contribution in [2.45, 2.75) is 18.9 Å². The van der Waals surface area contributed by atoms with Crippen molar-refractivity contribution in [3.8, 4) is 5.75 Å². The predicted octanol–water partition coefficient (Wildman–Crippen LogP) is 3.32. The summed E-state index contributed by atoms with van der Waals surface area (Å²) in [6.07, 6.45) is 0.597. The largest absolute Gasteiger partial charge is 0.415 e. The molecule has 0 saturated carbocycles. The molecule has 2 heterocycles. The van der Waals surface area contributed by atoms with Crippen molar-refractivity contribution in [2.24, 2.45) is 0 Å². The van der Waals surface area contributed by atoms with E-state index < -0.39 is 0 Å². The van der Waals surface area contributed by atoms with Gasteiger partial charge >= 0.3 is 6.09 Å². The second-order valence-corrected chi connectivity index (χ2v) is 7.62. The van der Waals surface area contributed by atoms with E-state index in [1.807, 2.05) is 42.5 Å². The molecule has 1 amide bonds. The number of piperazine rings is 1. The number of amides is 1. The maximum Gasteiger partial charge on any atom is 0.415 e. The molecule has 0 radical (unpaired) electrons. The van der Waals surface area contributed by atoms with Crippen LogP contribution in [0.4, 0.5) is 4.79 Å². The van der Waals surface area contributed by atoms with Gasteiger partial charge < -0.3 is 14.4 Å².